The van der Waals surface area contributed by atoms with E-state index in [2.05, 4.69) is 34.3 Å². The van der Waals surface area contributed by atoms with Crippen molar-refractivity contribution in [2.45, 2.75) is 44.4 Å². The highest BCUT2D eigenvalue weighted by Gasteiger charge is 2.32. The number of ether oxygens (including phenoxy) is 1. The lowest BCUT2D eigenvalue weighted by atomic mass is 9.84. The topological polar surface area (TPSA) is 63.5 Å². The van der Waals surface area contributed by atoms with Crippen LogP contribution in [-0.2, 0) is 16.1 Å². The Kier molecular flexibility index (Phi) is 5.53. The highest BCUT2D eigenvalue weighted by atomic mass is 16.5. The maximum absolute atomic E-state index is 12.3. The maximum atomic E-state index is 12.3. The first-order chi connectivity index (χ1) is 11.7. The average Bonchev–Trinajstić information content (AvgIpc) is 3.02. The summed E-state index contributed by atoms with van der Waals surface area (Å²) < 4.78 is 7.49. The van der Waals surface area contributed by atoms with Crippen LogP contribution in [0.2, 0.25) is 0 Å². The van der Waals surface area contributed by atoms with Crippen LogP contribution in [0.5, 0.6) is 0 Å². The minimum absolute atomic E-state index is 0.0502. The van der Waals surface area contributed by atoms with Crippen LogP contribution in [-0.4, -0.2) is 41.4 Å². The third-order valence-electron chi connectivity index (χ3n) is 4.99. The van der Waals surface area contributed by atoms with E-state index in [4.69, 9.17) is 4.74 Å². The number of aliphatic hydroxyl groups excluding tert-OH is 1. The third kappa shape index (κ3) is 3.79. The molecule has 130 valence electrons. The molecular formula is C19H26N2O3. The number of hydrogen-bond donors (Lipinski definition) is 2. The fraction of sp³-hybridized carbons (Fsp3) is 0.526. The Morgan fingerprint density at radius 3 is 3.00 bits per heavy atom. The number of aryl methyl sites for hydroxylation is 1. The summed E-state index contributed by atoms with van der Waals surface area (Å²) in [5, 5.41) is 14.1. The number of nitrogens with zero attached hydrogens (tertiary/aromatic N) is 1. The van der Waals surface area contributed by atoms with Gasteiger partial charge in [-0.05, 0) is 43.2 Å². The van der Waals surface area contributed by atoms with Crippen LogP contribution in [0.1, 0.15) is 25.7 Å². The van der Waals surface area contributed by atoms with Gasteiger partial charge >= 0.3 is 0 Å². The second-order valence-electron chi connectivity index (χ2n) is 6.56. The van der Waals surface area contributed by atoms with E-state index in [0.717, 1.165) is 19.4 Å². The van der Waals surface area contributed by atoms with Crippen molar-refractivity contribution in [1.29, 1.82) is 0 Å². The van der Waals surface area contributed by atoms with Gasteiger partial charge in [0.1, 0.15) is 0 Å². The van der Waals surface area contributed by atoms with Gasteiger partial charge in [0, 0.05) is 37.8 Å². The number of aliphatic hydroxyl groups is 1. The summed E-state index contributed by atoms with van der Waals surface area (Å²) in [5.41, 5.74) is 1.23. The van der Waals surface area contributed by atoms with Gasteiger partial charge in [0.2, 0.25) is 5.91 Å². The SMILES string of the molecule is CO[C@@H]1C[C@H](C(=O)NCCCn2ccc3ccccc32)CC[C@@H]1O. The van der Waals surface area contributed by atoms with Gasteiger partial charge in [0.15, 0.2) is 0 Å². The Morgan fingerprint density at radius 1 is 1.33 bits per heavy atom. The highest BCUT2D eigenvalue weighted by Crippen LogP contribution is 2.26. The summed E-state index contributed by atoms with van der Waals surface area (Å²) >= 11 is 0. The zero-order valence-corrected chi connectivity index (χ0v) is 14.1. The van der Waals surface area contributed by atoms with E-state index >= 15 is 0 Å². The van der Waals surface area contributed by atoms with Gasteiger partial charge in [0.25, 0.3) is 0 Å². The van der Waals surface area contributed by atoms with E-state index in [9.17, 15) is 9.90 Å². The van der Waals surface area contributed by atoms with Crippen LogP contribution >= 0.6 is 0 Å². The summed E-state index contributed by atoms with van der Waals surface area (Å²) in [4.78, 5) is 12.3. The average molecular weight is 330 g/mol. The Bertz CT molecular complexity index is 682. The summed E-state index contributed by atoms with van der Waals surface area (Å²) in [6.07, 6.45) is 4.29. The normalized spacial score (nSPS) is 24.2. The molecule has 1 aromatic carbocycles. The molecule has 1 saturated carbocycles. The lowest BCUT2D eigenvalue weighted by Crippen LogP contribution is -2.41. The molecule has 3 rings (SSSR count). The van der Waals surface area contributed by atoms with Gasteiger partial charge in [-0.25, -0.2) is 0 Å². The van der Waals surface area contributed by atoms with Crippen molar-refractivity contribution in [2.75, 3.05) is 13.7 Å². The molecule has 1 fully saturated rings. The number of nitrogens with one attached hydrogen (secondary N) is 1. The van der Waals surface area contributed by atoms with Crippen molar-refractivity contribution in [1.82, 2.24) is 9.88 Å². The van der Waals surface area contributed by atoms with Gasteiger partial charge in [-0.1, -0.05) is 18.2 Å². The second-order valence-corrected chi connectivity index (χ2v) is 6.56. The zero-order chi connectivity index (χ0) is 16.9. The largest absolute Gasteiger partial charge is 0.390 e. The molecule has 0 radical (unpaired) electrons. The quantitative estimate of drug-likeness (QED) is 0.799. The Balaban J connectivity index is 1.44. The molecule has 1 aromatic heterocycles. The van der Waals surface area contributed by atoms with Crippen LogP contribution in [0, 0.1) is 5.92 Å². The van der Waals surface area contributed by atoms with Gasteiger partial charge in [-0.15, -0.1) is 0 Å². The lowest BCUT2D eigenvalue weighted by molar-refractivity contribution is -0.130. The first-order valence-corrected chi connectivity index (χ1v) is 8.71. The van der Waals surface area contributed by atoms with E-state index in [1.165, 1.54) is 10.9 Å². The number of carbonyl (C=O) groups is 1. The van der Waals surface area contributed by atoms with Crippen molar-refractivity contribution < 1.29 is 14.6 Å². The van der Waals surface area contributed by atoms with Crippen molar-refractivity contribution >= 4 is 16.8 Å². The number of benzene rings is 1. The molecule has 0 bridgehead atoms. The van der Waals surface area contributed by atoms with E-state index in [1.54, 1.807) is 7.11 Å². The van der Waals surface area contributed by atoms with E-state index in [0.29, 0.717) is 19.4 Å². The van der Waals surface area contributed by atoms with E-state index in [-0.39, 0.29) is 17.9 Å². The van der Waals surface area contributed by atoms with Crippen LogP contribution in [0.4, 0.5) is 0 Å². The van der Waals surface area contributed by atoms with Crippen LogP contribution in [0.3, 0.4) is 0 Å². The number of para-hydroxylation sites is 1. The molecule has 24 heavy (non-hydrogen) atoms. The molecule has 1 amide bonds. The first-order valence-electron chi connectivity index (χ1n) is 8.71. The monoisotopic (exact) mass is 330 g/mol. The lowest BCUT2D eigenvalue weighted by Gasteiger charge is -2.31. The number of aromatic nitrogens is 1. The molecule has 3 atom stereocenters. The van der Waals surface area contributed by atoms with Crippen LogP contribution in [0.15, 0.2) is 36.5 Å². The predicted molar refractivity (Wildman–Crippen MR) is 93.7 cm³/mol. The predicted octanol–water partition coefficient (Wildman–Crippen LogP) is 2.32. The maximum Gasteiger partial charge on any atom is 0.223 e. The minimum atomic E-state index is -0.443. The second kappa shape index (κ2) is 7.81. The van der Waals surface area contributed by atoms with E-state index in [1.807, 2.05) is 12.1 Å². The van der Waals surface area contributed by atoms with Gasteiger partial charge < -0.3 is 19.7 Å². The molecule has 2 aromatic rings. The minimum Gasteiger partial charge on any atom is -0.390 e. The molecule has 0 unspecified atom stereocenters. The number of rotatable bonds is 6. The molecule has 5 nitrogen and oxygen atoms in total. The smallest absolute Gasteiger partial charge is 0.223 e. The summed E-state index contributed by atoms with van der Waals surface area (Å²) in [7, 11) is 1.59. The molecular weight excluding hydrogens is 304 g/mol. The fourth-order valence-corrected chi connectivity index (χ4v) is 3.55. The fourth-order valence-electron chi connectivity index (χ4n) is 3.55. The number of fused-ring (bicyclic) bond motifs is 1. The Hall–Kier alpha value is -1.85. The van der Waals surface area contributed by atoms with Gasteiger partial charge in [0.05, 0.1) is 12.2 Å². The molecule has 0 saturated heterocycles. The third-order valence-corrected chi connectivity index (χ3v) is 4.99. The highest BCUT2D eigenvalue weighted by molar-refractivity contribution is 5.80. The van der Waals surface area contributed by atoms with Crippen molar-refractivity contribution in [3.8, 4) is 0 Å². The number of carbonyl (C=O) groups excluding carboxylic acids is 1. The summed E-state index contributed by atoms with van der Waals surface area (Å²) in [6.45, 7) is 1.56. The molecule has 1 aliphatic rings. The number of hydrogen-bond acceptors (Lipinski definition) is 3. The van der Waals surface area contributed by atoms with Gasteiger partial charge in [-0.2, -0.15) is 0 Å². The Morgan fingerprint density at radius 2 is 2.17 bits per heavy atom. The van der Waals surface area contributed by atoms with Gasteiger partial charge in [-0.3, -0.25) is 4.79 Å². The summed E-state index contributed by atoms with van der Waals surface area (Å²) in [6, 6.07) is 10.4. The van der Waals surface area contributed by atoms with Crippen LogP contribution in [0.25, 0.3) is 10.9 Å². The number of amides is 1. The Labute approximate surface area is 142 Å². The molecule has 0 spiro atoms. The van der Waals surface area contributed by atoms with Crippen molar-refractivity contribution in [3.63, 3.8) is 0 Å². The zero-order valence-electron chi connectivity index (χ0n) is 14.1. The molecule has 5 heteroatoms. The number of methoxy groups -OCH3 is 1. The van der Waals surface area contributed by atoms with E-state index < -0.39 is 6.10 Å². The molecule has 2 N–H and O–H groups in total. The molecule has 0 aliphatic heterocycles. The van der Waals surface area contributed by atoms with Crippen molar-refractivity contribution in [2.24, 2.45) is 5.92 Å². The standard InChI is InChI=1S/C19H26N2O3/c1-24-18-13-15(7-8-17(18)22)19(23)20-10-4-11-21-12-9-14-5-2-3-6-16(14)21/h2-3,5-6,9,12,15,17-18,22H,4,7-8,10-11,13H2,1H3,(H,20,23)/t15-,17+,18-/m1/s1. The molecule has 1 heterocycles. The summed E-state index contributed by atoms with van der Waals surface area (Å²) in [5.74, 6) is 0.0343. The molecule has 1 aliphatic carbocycles. The first kappa shape index (κ1) is 17.0. The van der Waals surface area contributed by atoms with Crippen molar-refractivity contribution in [3.05, 3.63) is 36.5 Å². The van der Waals surface area contributed by atoms with Crippen LogP contribution < -0.4 is 5.32 Å².